The summed E-state index contributed by atoms with van der Waals surface area (Å²) in [4.78, 5) is 21.7. The molecule has 6 nitrogen and oxygen atoms in total. The van der Waals surface area contributed by atoms with Gasteiger partial charge < -0.3 is 10.6 Å². The fourth-order valence-corrected chi connectivity index (χ4v) is 1.40. The number of non-ortho nitro benzene ring substituents is 1. The van der Waals surface area contributed by atoms with Crippen LogP contribution in [0.2, 0.25) is 5.02 Å². The zero-order chi connectivity index (χ0) is 12.8. The van der Waals surface area contributed by atoms with E-state index >= 15 is 0 Å². The van der Waals surface area contributed by atoms with Crippen molar-refractivity contribution < 1.29 is 9.72 Å². The minimum atomic E-state index is -0.569. The second-order valence-corrected chi connectivity index (χ2v) is 3.69. The molecule has 0 aliphatic rings. The van der Waals surface area contributed by atoms with E-state index < -0.39 is 10.8 Å². The van der Waals surface area contributed by atoms with E-state index in [2.05, 4.69) is 10.6 Å². The molecule has 0 unspecified atom stereocenters. The lowest BCUT2D eigenvalue weighted by molar-refractivity contribution is -0.384. The third-order valence-corrected chi connectivity index (χ3v) is 2.40. The maximum atomic E-state index is 11.7. The van der Waals surface area contributed by atoms with Gasteiger partial charge in [0.2, 0.25) is 0 Å². The molecule has 0 aliphatic heterocycles. The number of benzene rings is 1. The fraction of sp³-hybridized carbons (Fsp3) is 0.300. The maximum absolute atomic E-state index is 11.7. The summed E-state index contributed by atoms with van der Waals surface area (Å²) >= 11 is 5.81. The van der Waals surface area contributed by atoms with Crippen LogP contribution in [0, 0.1) is 10.1 Å². The third kappa shape index (κ3) is 3.69. The Morgan fingerprint density at radius 3 is 2.76 bits per heavy atom. The lowest BCUT2D eigenvalue weighted by Gasteiger charge is -2.06. The Kier molecular flexibility index (Phi) is 4.86. The van der Waals surface area contributed by atoms with Crippen LogP contribution in [0.15, 0.2) is 18.2 Å². The smallest absolute Gasteiger partial charge is 0.270 e. The molecule has 1 amide bonds. The van der Waals surface area contributed by atoms with Crippen molar-refractivity contribution in [1.82, 2.24) is 10.6 Å². The van der Waals surface area contributed by atoms with E-state index in [4.69, 9.17) is 11.6 Å². The molecule has 0 bridgehead atoms. The number of amides is 1. The van der Waals surface area contributed by atoms with Gasteiger partial charge in [0, 0.05) is 25.2 Å². The second-order valence-electron chi connectivity index (χ2n) is 3.28. The first kappa shape index (κ1) is 13.4. The molecule has 0 atom stereocenters. The number of hydrogen-bond acceptors (Lipinski definition) is 4. The van der Waals surface area contributed by atoms with Crippen LogP contribution in [0.4, 0.5) is 5.69 Å². The summed E-state index contributed by atoms with van der Waals surface area (Å²) < 4.78 is 0. The fourth-order valence-electron chi connectivity index (χ4n) is 1.20. The zero-order valence-electron chi connectivity index (χ0n) is 9.20. The molecule has 0 aromatic heterocycles. The number of rotatable bonds is 5. The van der Waals surface area contributed by atoms with E-state index in [-0.39, 0.29) is 16.3 Å². The predicted molar refractivity (Wildman–Crippen MR) is 64.4 cm³/mol. The summed E-state index contributed by atoms with van der Waals surface area (Å²) in [6.45, 7) is 1.03. The van der Waals surface area contributed by atoms with Crippen LogP contribution in [-0.4, -0.2) is 31.0 Å². The highest BCUT2D eigenvalue weighted by Crippen LogP contribution is 2.21. The highest BCUT2D eigenvalue weighted by atomic mass is 35.5. The van der Waals surface area contributed by atoms with E-state index in [0.717, 1.165) is 6.07 Å². The first-order valence-corrected chi connectivity index (χ1v) is 5.30. The number of hydrogen-bond donors (Lipinski definition) is 2. The maximum Gasteiger partial charge on any atom is 0.270 e. The molecule has 0 aliphatic carbocycles. The molecule has 0 saturated heterocycles. The predicted octanol–water partition coefficient (Wildman–Crippen LogP) is 1.20. The van der Waals surface area contributed by atoms with Crippen molar-refractivity contribution in [2.75, 3.05) is 20.1 Å². The molecular weight excluding hydrogens is 246 g/mol. The van der Waals surface area contributed by atoms with Gasteiger partial charge in [-0.15, -0.1) is 0 Å². The molecular formula is C10H12ClN3O3. The summed E-state index contributed by atoms with van der Waals surface area (Å²) in [6.07, 6.45) is 0. The van der Waals surface area contributed by atoms with E-state index in [0.29, 0.717) is 13.1 Å². The Bertz CT molecular complexity index is 437. The van der Waals surface area contributed by atoms with Gasteiger partial charge in [0.25, 0.3) is 11.6 Å². The van der Waals surface area contributed by atoms with E-state index in [1.165, 1.54) is 12.1 Å². The van der Waals surface area contributed by atoms with Crippen LogP contribution < -0.4 is 10.6 Å². The number of nitrogens with zero attached hydrogens (tertiary/aromatic N) is 1. The Balaban J connectivity index is 2.84. The summed E-state index contributed by atoms with van der Waals surface area (Å²) in [5, 5.41) is 16.2. The highest BCUT2D eigenvalue weighted by molar-refractivity contribution is 6.33. The summed E-state index contributed by atoms with van der Waals surface area (Å²) in [5.74, 6) is -0.422. The molecule has 7 heteroatoms. The third-order valence-electron chi connectivity index (χ3n) is 2.07. The number of carbonyl (C=O) groups is 1. The molecule has 1 rings (SSSR count). The van der Waals surface area contributed by atoms with Gasteiger partial charge >= 0.3 is 0 Å². The minimum absolute atomic E-state index is 0.108. The number of nitro benzene ring substituents is 1. The van der Waals surface area contributed by atoms with Crippen LogP contribution in [0.1, 0.15) is 10.4 Å². The van der Waals surface area contributed by atoms with Gasteiger partial charge in [-0.05, 0) is 13.1 Å². The molecule has 1 aromatic carbocycles. The molecule has 92 valence electrons. The Hall–Kier alpha value is -1.66. The second kappa shape index (κ2) is 6.17. The molecule has 1 aromatic rings. The summed E-state index contributed by atoms with van der Waals surface area (Å²) in [6, 6.07) is 3.76. The van der Waals surface area contributed by atoms with Crippen molar-refractivity contribution >= 4 is 23.2 Å². The molecule has 0 spiro atoms. The Labute approximate surface area is 103 Å². The zero-order valence-corrected chi connectivity index (χ0v) is 9.95. The van der Waals surface area contributed by atoms with Gasteiger partial charge in [-0.25, -0.2) is 0 Å². The topological polar surface area (TPSA) is 84.3 Å². The van der Waals surface area contributed by atoms with E-state index in [1.807, 2.05) is 0 Å². The molecule has 17 heavy (non-hydrogen) atoms. The first-order chi connectivity index (χ1) is 8.06. The van der Waals surface area contributed by atoms with Crippen molar-refractivity contribution in [3.05, 3.63) is 38.9 Å². The molecule has 2 N–H and O–H groups in total. The number of halogens is 1. The Morgan fingerprint density at radius 2 is 2.18 bits per heavy atom. The van der Waals surface area contributed by atoms with Gasteiger partial charge in [0.05, 0.1) is 15.5 Å². The minimum Gasteiger partial charge on any atom is -0.351 e. The molecule has 0 radical (unpaired) electrons. The number of nitro groups is 1. The lowest BCUT2D eigenvalue weighted by atomic mass is 10.2. The van der Waals surface area contributed by atoms with Gasteiger partial charge in [-0.1, -0.05) is 11.6 Å². The van der Waals surface area contributed by atoms with E-state index in [9.17, 15) is 14.9 Å². The van der Waals surface area contributed by atoms with Crippen LogP contribution in [0.25, 0.3) is 0 Å². The van der Waals surface area contributed by atoms with Crippen LogP contribution in [-0.2, 0) is 0 Å². The van der Waals surface area contributed by atoms with Crippen molar-refractivity contribution in [3.63, 3.8) is 0 Å². The number of carbonyl (C=O) groups excluding carboxylic acids is 1. The molecule has 0 saturated carbocycles. The summed E-state index contributed by atoms with van der Waals surface area (Å²) in [7, 11) is 1.76. The largest absolute Gasteiger partial charge is 0.351 e. The molecule has 0 fully saturated rings. The first-order valence-electron chi connectivity index (χ1n) is 4.93. The SMILES string of the molecule is CNCCNC(=O)c1cc([N+](=O)[O-])ccc1Cl. The molecule has 0 heterocycles. The van der Waals surface area contributed by atoms with E-state index in [1.54, 1.807) is 7.05 Å². The van der Waals surface area contributed by atoms with Crippen LogP contribution in [0.3, 0.4) is 0 Å². The van der Waals surface area contributed by atoms with Gasteiger partial charge in [-0.3, -0.25) is 14.9 Å². The average molecular weight is 258 g/mol. The normalized spacial score (nSPS) is 10.0. The Morgan fingerprint density at radius 1 is 1.47 bits per heavy atom. The van der Waals surface area contributed by atoms with Gasteiger partial charge in [0.1, 0.15) is 0 Å². The lowest BCUT2D eigenvalue weighted by Crippen LogP contribution is -2.30. The standard InChI is InChI=1S/C10H12ClN3O3/c1-12-4-5-13-10(15)8-6-7(14(16)17)2-3-9(8)11/h2-3,6,12H,4-5H2,1H3,(H,13,15). The van der Waals surface area contributed by atoms with Gasteiger partial charge in [0.15, 0.2) is 0 Å². The van der Waals surface area contributed by atoms with Crippen molar-refractivity contribution in [1.29, 1.82) is 0 Å². The average Bonchev–Trinajstić information content (AvgIpc) is 2.29. The van der Waals surface area contributed by atoms with Crippen molar-refractivity contribution in [3.8, 4) is 0 Å². The summed E-state index contributed by atoms with van der Waals surface area (Å²) in [5.41, 5.74) is -0.0508. The number of likely N-dealkylation sites (N-methyl/N-ethyl adjacent to an activating group) is 1. The van der Waals surface area contributed by atoms with Crippen LogP contribution in [0.5, 0.6) is 0 Å². The quantitative estimate of drug-likeness (QED) is 0.472. The highest BCUT2D eigenvalue weighted by Gasteiger charge is 2.15. The van der Waals surface area contributed by atoms with Crippen LogP contribution >= 0.6 is 11.6 Å². The monoisotopic (exact) mass is 257 g/mol. The van der Waals surface area contributed by atoms with Crippen molar-refractivity contribution in [2.24, 2.45) is 0 Å². The van der Waals surface area contributed by atoms with Crippen molar-refractivity contribution in [2.45, 2.75) is 0 Å². The number of nitrogens with one attached hydrogen (secondary N) is 2. The van der Waals surface area contributed by atoms with Gasteiger partial charge in [-0.2, -0.15) is 0 Å².